The number of aliphatic hydroxyl groups excluding tert-OH is 1. The minimum atomic E-state index is -0.387. The molecular formula is C45H55N9O4S2. The summed E-state index contributed by atoms with van der Waals surface area (Å²) in [6.07, 6.45) is 11.4. The molecule has 316 valence electrons. The molecule has 3 aromatic heterocycles. The molecule has 1 saturated carbocycles. The van der Waals surface area contributed by atoms with Gasteiger partial charge in [0.25, 0.3) is 11.5 Å². The van der Waals surface area contributed by atoms with Crippen LogP contribution in [0.2, 0.25) is 0 Å². The molecule has 3 aliphatic heterocycles. The number of aryl methyl sites for hydroxylation is 1. The third-order valence-corrected chi connectivity index (χ3v) is 16.8. The molecule has 15 heteroatoms. The van der Waals surface area contributed by atoms with E-state index in [1.54, 1.807) is 30.4 Å². The van der Waals surface area contributed by atoms with E-state index in [-0.39, 0.29) is 41.3 Å². The van der Waals surface area contributed by atoms with Crippen molar-refractivity contribution < 1.29 is 14.7 Å². The lowest BCUT2D eigenvalue weighted by molar-refractivity contribution is -0.111. The molecule has 1 aromatic carbocycles. The molecule has 60 heavy (non-hydrogen) atoms. The number of aliphatic hydroxyl groups is 1. The summed E-state index contributed by atoms with van der Waals surface area (Å²) in [5.74, 6) is 2.53. The molecule has 1 atom stereocenters. The number of carbonyl (C=O) groups excluding carboxylic acids is 2. The van der Waals surface area contributed by atoms with Gasteiger partial charge >= 0.3 is 0 Å². The van der Waals surface area contributed by atoms with Crippen molar-refractivity contribution in [2.45, 2.75) is 88.6 Å². The second kappa shape index (κ2) is 16.0. The topological polar surface area (TPSA) is 141 Å². The molecule has 1 unspecified atom stereocenters. The molecule has 2 aliphatic carbocycles. The number of carbonyl (C=O) groups is 2. The summed E-state index contributed by atoms with van der Waals surface area (Å²) in [5, 5.41) is 17.0. The van der Waals surface area contributed by atoms with Gasteiger partial charge in [-0.3, -0.25) is 24.2 Å². The van der Waals surface area contributed by atoms with Gasteiger partial charge in [-0.15, -0.1) is 23.5 Å². The van der Waals surface area contributed by atoms with Crippen LogP contribution in [0.4, 0.5) is 28.7 Å². The zero-order chi connectivity index (χ0) is 41.9. The Hall–Kier alpha value is -4.57. The predicted octanol–water partition coefficient (Wildman–Crippen LogP) is 6.42. The van der Waals surface area contributed by atoms with Crippen molar-refractivity contribution in [3.8, 4) is 11.3 Å². The number of anilines is 5. The molecule has 4 aromatic rings. The first kappa shape index (κ1) is 40.8. The Morgan fingerprint density at radius 3 is 2.57 bits per heavy atom. The second-order valence-corrected chi connectivity index (χ2v) is 21.0. The summed E-state index contributed by atoms with van der Waals surface area (Å²) in [6.45, 7) is 13.8. The molecule has 13 nitrogen and oxygen atoms in total. The van der Waals surface area contributed by atoms with Crippen molar-refractivity contribution in [3.05, 3.63) is 88.2 Å². The number of nitrogens with zero attached hydrogens (tertiary/aromatic N) is 7. The van der Waals surface area contributed by atoms with E-state index in [9.17, 15) is 19.5 Å². The van der Waals surface area contributed by atoms with Gasteiger partial charge in [0.15, 0.2) is 5.82 Å². The van der Waals surface area contributed by atoms with Crippen LogP contribution in [-0.4, -0.2) is 94.8 Å². The molecule has 6 heterocycles. The maximum absolute atomic E-state index is 14.0. The Balaban J connectivity index is 0.956. The average molecular weight is 850 g/mol. The number of aromatic nitrogens is 4. The van der Waals surface area contributed by atoms with Crippen molar-refractivity contribution in [3.63, 3.8) is 0 Å². The quantitative estimate of drug-likeness (QED) is 0.161. The maximum atomic E-state index is 14.0. The highest BCUT2D eigenvalue weighted by Gasteiger charge is 2.42. The number of piperazine rings is 1. The summed E-state index contributed by atoms with van der Waals surface area (Å²) >= 11 is 4.35. The third-order valence-electron chi connectivity index (χ3n) is 13.1. The van der Waals surface area contributed by atoms with E-state index in [4.69, 9.17) is 4.98 Å². The highest BCUT2D eigenvalue weighted by atomic mass is 32.2. The Bertz CT molecular complexity index is 2410. The number of nitrogens with one attached hydrogen (secondary N) is 2. The van der Waals surface area contributed by atoms with Gasteiger partial charge in [0.2, 0.25) is 5.91 Å². The Kier molecular flexibility index (Phi) is 10.9. The summed E-state index contributed by atoms with van der Waals surface area (Å²) in [4.78, 5) is 56.5. The van der Waals surface area contributed by atoms with Crippen molar-refractivity contribution in [2.24, 2.45) is 12.5 Å². The van der Waals surface area contributed by atoms with E-state index in [0.717, 1.165) is 38.2 Å². The number of hydrogen-bond donors (Lipinski definition) is 3. The fraction of sp³-hybridized carbons (Fsp3) is 0.489. The highest BCUT2D eigenvalue weighted by molar-refractivity contribution is 8.21. The SMILES string of the molecule is C=CC(=O)Nc1cc(Nc2nc(-c3ccnc(N4CCn5c(cc6c5CC(C)(C)C6)C4=O)c3CO)cn(C)c2=O)ccc1N1CCN(C2CCC3(CC2)SCCS3)CC1C. The van der Waals surface area contributed by atoms with Gasteiger partial charge < -0.3 is 29.8 Å². The van der Waals surface area contributed by atoms with E-state index < -0.39 is 0 Å². The van der Waals surface area contributed by atoms with Crippen molar-refractivity contribution in [1.82, 2.24) is 24.0 Å². The average Bonchev–Trinajstić information content (AvgIpc) is 3.92. The van der Waals surface area contributed by atoms with Gasteiger partial charge in [-0.05, 0) is 92.8 Å². The van der Waals surface area contributed by atoms with Crippen LogP contribution in [0.15, 0.2) is 60.2 Å². The summed E-state index contributed by atoms with van der Waals surface area (Å²) in [5.41, 5.74) is 6.46. The van der Waals surface area contributed by atoms with E-state index >= 15 is 0 Å². The normalized spacial score (nSPS) is 21.3. The monoisotopic (exact) mass is 849 g/mol. The summed E-state index contributed by atoms with van der Waals surface area (Å²) in [6, 6.07) is 10.3. The lowest BCUT2D eigenvalue weighted by Gasteiger charge is -2.47. The molecular weight excluding hydrogens is 795 g/mol. The molecule has 5 aliphatic rings. The Morgan fingerprint density at radius 1 is 1.05 bits per heavy atom. The van der Waals surface area contributed by atoms with Crippen LogP contribution in [0.5, 0.6) is 0 Å². The fourth-order valence-electron chi connectivity index (χ4n) is 10.2. The first-order chi connectivity index (χ1) is 28.9. The largest absolute Gasteiger partial charge is 0.392 e. The number of benzene rings is 1. The number of pyridine rings is 1. The van der Waals surface area contributed by atoms with Crippen molar-refractivity contribution >= 4 is 64.0 Å². The van der Waals surface area contributed by atoms with Crippen LogP contribution in [0, 0.1) is 5.41 Å². The molecule has 0 bridgehead atoms. The van der Waals surface area contributed by atoms with Gasteiger partial charge in [0, 0.05) is 98.3 Å². The molecule has 0 radical (unpaired) electrons. The van der Waals surface area contributed by atoms with Crippen LogP contribution in [-0.2, 0) is 37.8 Å². The van der Waals surface area contributed by atoms with Crippen LogP contribution < -0.4 is 26.0 Å². The van der Waals surface area contributed by atoms with E-state index in [1.165, 1.54) is 59.1 Å². The molecule has 9 rings (SSSR count). The number of hydrogen-bond acceptors (Lipinski definition) is 11. The fourth-order valence-corrected chi connectivity index (χ4v) is 13.5. The van der Waals surface area contributed by atoms with Gasteiger partial charge in [-0.2, -0.15) is 0 Å². The number of thioether (sulfide) groups is 2. The van der Waals surface area contributed by atoms with Crippen LogP contribution in [0.1, 0.15) is 73.8 Å². The van der Waals surface area contributed by atoms with Crippen molar-refractivity contribution in [1.29, 1.82) is 0 Å². The number of amides is 2. The van der Waals surface area contributed by atoms with Crippen LogP contribution >= 0.6 is 23.5 Å². The lowest BCUT2D eigenvalue weighted by atomic mass is 9.90. The first-order valence-electron chi connectivity index (χ1n) is 21.2. The molecule has 2 saturated heterocycles. The molecule has 3 N–H and O–H groups in total. The standard InChI is InChI=1S/C45H55N9O4S2/c1-6-39(56)48-34-22-30(7-8-36(34)52-16-15-51(25-28(52)2)31-9-12-45(13-10-31)59-19-20-60-45)47-40-43(58)50(5)26-35(49-40)32-11-14-46-41(33(32)27-55)54-18-17-53-37(42(54)57)21-29-23-44(3,4)24-38(29)53/h6-8,11,14,21-22,26,28,31,55H,1,9-10,12-13,15-20,23-25,27H2,2-5H3,(H,47,49)(H,48,56). The van der Waals surface area contributed by atoms with Gasteiger partial charge in [0.05, 0.1) is 27.8 Å². The molecule has 1 spiro atoms. The maximum Gasteiger partial charge on any atom is 0.293 e. The lowest BCUT2D eigenvalue weighted by Crippen LogP contribution is -2.56. The first-order valence-corrected chi connectivity index (χ1v) is 23.2. The minimum absolute atomic E-state index is 0.0703. The smallest absolute Gasteiger partial charge is 0.293 e. The van der Waals surface area contributed by atoms with Crippen LogP contribution in [0.3, 0.4) is 0 Å². The van der Waals surface area contributed by atoms with Gasteiger partial charge in [-0.25, -0.2) is 9.97 Å². The van der Waals surface area contributed by atoms with E-state index in [2.05, 4.69) is 80.9 Å². The van der Waals surface area contributed by atoms with Gasteiger partial charge in [0.1, 0.15) is 11.5 Å². The van der Waals surface area contributed by atoms with Crippen LogP contribution in [0.25, 0.3) is 11.3 Å². The summed E-state index contributed by atoms with van der Waals surface area (Å²) in [7, 11) is 1.65. The van der Waals surface area contributed by atoms with E-state index in [1.807, 2.05) is 24.3 Å². The zero-order valence-corrected chi connectivity index (χ0v) is 36.6. The minimum Gasteiger partial charge on any atom is -0.392 e. The second-order valence-electron chi connectivity index (χ2n) is 17.8. The number of rotatable bonds is 9. The van der Waals surface area contributed by atoms with Crippen molar-refractivity contribution in [2.75, 3.05) is 58.1 Å². The Labute approximate surface area is 360 Å². The number of fused-ring (bicyclic) bond motifs is 3. The predicted molar refractivity (Wildman–Crippen MR) is 243 cm³/mol. The third kappa shape index (κ3) is 7.55. The zero-order valence-electron chi connectivity index (χ0n) is 35.0. The highest BCUT2D eigenvalue weighted by Crippen LogP contribution is 2.53. The summed E-state index contributed by atoms with van der Waals surface area (Å²) < 4.78 is 4.05. The Morgan fingerprint density at radius 2 is 1.83 bits per heavy atom. The van der Waals surface area contributed by atoms with E-state index in [0.29, 0.717) is 62.9 Å². The van der Waals surface area contributed by atoms with Gasteiger partial charge in [-0.1, -0.05) is 20.4 Å². The molecule has 2 amide bonds. The molecule has 3 fully saturated rings.